The van der Waals surface area contributed by atoms with Gasteiger partial charge in [0.2, 0.25) is 0 Å². The first-order valence-corrected chi connectivity index (χ1v) is 4.30. The van der Waals surface area contributed by atoms with Gasteiger partial charge >= 0.3 is 6.18 Å². The molecule has 0 saturated heterocycles. The SMILES string of the molecule is Cl.NCc1cc(C(F)(F)F)ccc1Br. The van der Waals surface area contributed by atoms with Crippen LogP contribution >= 0.6 is 28.3 Å². The average Bonchev–Trinajstić information content (AvgIpc) is 2.03. The van der Waals surface area contributed by atoms with E-state index in [1.54, 1.807) is 0 Å². The lowest BCUT2D eigenvalue weighted by Gasteiger charge is -2.08. The van der Waals surface area contributed by atoms with E-state index in [1.807, 2.05) is 0 Å². The fraction of sp³-hybridized carbons (Fsp3) is 0.250. The van der Waals surface area contributed by atoms with E-state index in [-0.39, 0.29) is 19.0 Å². The van der Waals surface area contributed by atoms with Crippen LogP contribution in [-0.2, 0) is 12.7 Å². The number of benzene rings is 1. The summed E-state index contributed by atoms with van der Waals surface area (Å²) in [5.74, 6) is 0. The maximum absolute atomic E-state index is 12.2. The predicted molar refractivity (Wildman–Crippen MR) is 54.3 cm³/mol. The first-order chi connectivity index (χ1) is 5.95. The lowest BCUT2D eigenvalue weighted by molar-refractivity contribution is -0.137. The van der Waals surface area contributed by atoms with E-state index in [9.17, 15) is 13.2 Å². The van der Waals surface area contributed by atoms with Crippen molar-refractivity contribution < 1.29 is 13.2 Å². The molecule has 0 amide bonds. The second-order valence-corrected chi connectivity index (χ2v) is 3.36. The van der Waals surface area contributed by atoms with Crippen molar-refractivity contribution >= 4 is 28.3 Å². The molecular formula is C8H8BrClF3N. The fourth-order valence-corrected chi connectivity index (χ4v) is 1.32. The quantitative estimate of drug-likeness (QED) is 0.843. The molecule has 0 aromatic heterocycles. The zero-order valence-electron chi connectivity index (χ0n) is 6.94. The summed E-state index contributed by atoms with van der Waals surface area (Å²) in [5, 5.41) is 0. The number of alkyl halides is 3. The Morgan fingerprint density at radius 3 is 2.29 bits per heavy atom. The Morgan fingerprint density at radius 1 is 1.29 bits per heavy atom. The number of nitrogens with two attached hydrogens (primary N) is 1. The molecule has 6 heteroatoms. The Labute approximate surface area is 94.0 Å². The van der Waals surface area contributed by atoms with Crippen LogP contribution in [0.4, 0.5) is 13.2 Å². The third-order valence-electron chi connectivity index (χ3n) is 1.59. The first kappa shape index (κ1) is 13.7. The van der Waals surface area contributed by atoms with Crippen molar-refractivity contribution in [2.45, 2.75) is 12.7 Å². The van der Waals surface area contributed by atoms with Crippen molar-refractivity contribution in [3.8, 4) is 0 Å². The van der Waals surface area contributed by atoms with Crippen molar-refractivity contribution in [1.29, 1.82) is 0 Å². The monoisotopic (exact) mass is 289 g/mol. The molecule has 0 fully saturated rings. The molecular weight excluding hydrogens is 282 g/mol. The molecule has 0 saturated carbocycles. The van der Waals surface area contributed by atoms with E-state index in [4.69, 9.17) is 5.73 Å². The van der Waals surface area contributed by atoms with Gasteiger partial charge in [0.25, 0.3) is 0 Å². The number of hydrogen-bond donors (Lipinski definition) is 1. The van der Waals surface area contributed by atoms with Crippen LogP contribution in [-0.4, -0.2) is 0 Å². The van der Waals surface area contributed by atoms with Gasteiger partial charge in [-0.1, -0.05) is 15.9 Å². The van der Waals surface area contributed by atoms with E-state index >= 15 is 0 Å². The van der Waals surface area contributed by atoms with Gasteiger partial charge in [-0.2, -0.15) is 13.2 Å². The van der Waals surface area contributed by atoms with Gasteiger partial charge in [-0.05, 0) is 23.8 Å². The molecule has 1 aromatic rings. The second kappa shape index (κ2) is 5.00. The number of halogens is 5. The molecule has 0 aliphatic heterocycles. The highest BCUT2D eigenvalue weighted by Gasteiger charge is 2.30. The molecule has 0 unspecified atom stereocenters. The first-order valence-electron chi connectivity index (χ1n) is 3.51. The highest BCUT2D eigenvalue weighted by molar-refractivity contribution is 9.10. The minimum atomic E-state index is -4.30. The van der Waals surface area contributed by atoms with Gasteiger partial charge in [0.05, 0.1) is 5.56 Å². The summed E-state index contributed by atoms with van der Waals surface area (Å²) in [6.07, 6.45) is -4.30. The summed E-state index contributed by atoms with van der Waals surface area (Å²) in [6.45, 7) is 0.0878. The van der Waals surface area contributed by atoms with Gasteiger partial charge in [0.1, 0.15) is 0 Å². The third-order valence-corrected chi connectivity index (χ3v) is 2.37. The molecule has 2 N–H and O–H groups in total. The van der Waals surface area contributed by atoms with Crippen molar-refractivity contribution in [1.82, 2.24) is 0 Å². The van der Waals surface area contributed by atoms with E-state index in [1.165, 1.54) is 6.07 Å². The van der Waals surface area contributed by atoms with Crippen LogP contribution in [0.15, 0.2) is 22.7 Å². The molecule has 0 aliphatic rings. The Kier molecular flexibility index (Phi) is 4.91. The molecule has 0 bridgehead atoms. The van der Waals surface area contributed by atoms with Crippen molar-refractivity contribution in [2.75, 3.05) is 0 Å². The Morgan fingerprint density at radius 2 is 1.86 bits per heavy atom. The van der Waals surface area contributed by atoms with E-state index in [2.05, 4.69) is 15.9 Å². The topological polar surface area (TPSA) is 26.0 Å². The molecule has 0 heterocycles. The maximum Gasteiger partial charge on any atom is 0.416 e. The number of rotatable bonds is 1. The standard InChI is InChI=1S/C8H7BrF3N.ClH/c9-7-2-1-6(8(10,11)12)3-5(7)4-13;/h1-3H,4,13H2;1H. The normalized spacial score (nSPS) is 10.9. The van der Waals surface area contributed by atoms with Crippen LogP contribution in [0.3, 0.4) is 0 Å². The van der Waals surface area contributed by atoms with Crippen LogP contribution in [0.2, 0.25) is 0 Å². The Balaban J connectivity index is 0.00000169. The van der Waals surface area contributed by atoms with Gasteiger partial charge in [-0.3, -0.25) is 0 Å². The largest absolute Gasteiger partial charge is 0.416 e. The smallest absolute Gasteiger partial charge is 0.326 e. The summed E-state index contributed by atoms with van der Waals surface area (Å²) in [4.78, 5) is 0. The van der Waals surface area contributed by atoms with Crippen molar-refractivity contribution in [3.63, 3.8) is 0 Å². The minimum Gasteiger partial charge on any atom is -0.326 e. The molecule has 1 rings (SSSR count). The molecule has 0 spiro atoms. The predicted octanol–water partition coefficient (Wildman–Crippen LogP) is 3.35. The zero-order valence-corrected chi connectivity index (χ0v) is 9.34. The highest BCUT2D eigenvalue weighted by atomic mass is 79.9. The second-order valence-electron chi connectivity index (χ2n) is 2.51. The molecule has 0 aliphatic carbocycles. The van der Waals surface area contributed by atoms with E-state index in [0.717, 1.165) is 12.1 Å². The lowest BCUT2D eigenvalue weighted by atomic mass is 10.1. The minimum absolute atomic E-state index is 0. The molecule has 1 aromatic carbocycles. The summed E-state index contributed by atoms with van der Waals surface area (Å²) in [6, 6.07) is 3.42. The van der Waals surface area contributed by atoms with Gasteiger partial charge < -0.3 is 5.73 Å². The Hall–Kier alpha value is -0.260. The molecule has 0 radical (unpaired) electrons. The maximum atomic E-state index is 12.2. The van der Waals surface area contributed by atoms with E-state index < -0.39 is 11.7 Å². The van der Waals surface area contributed by atoms with E-state index in [0.29, 0.717) is 10.0 Å². The van der Waals surface area contributed by atoms with Crippen molar-refractivity contribution in [3.05, 3.63) is 33.8 Å². The Bertz CT molecular complexity index is 314. The average molecular weight is 291 g/mol. The van der Waals surface area contributed by atoms with Crippen LogP contribution in [0.5, 0.6) is 0 Å². The molecule has 0 atom stereocenters. The molecule has 14 heavy (non-hydrogen) atoms. The van der Waals surface area contributed by atoms with Crippen LogP contribution < -0.4 is 5.73 Å². The third kappa shape index (κ3) is 3.15. The zero-order chi connectivity index (χ0) is 10.1. The summed E-state index contributed by atoms with van der Waals surface area (Å²) < 4.78 is 37.1. The summed E-state index contributed by atoms with van der Waals surface area (Å²) in [7, 11) is 0. The molecule has 1 nitrogen and oxygen atoms in total. The summed E-state index contributed by atoms with van der Waals surface area (Å²) in [5.41, 5.74) is 5.05. The fourth-order valence-electron chi connectivity index (χ4n) is 0.907. The van der Waals surface area contributed by atoms with Gasteiger partial charge in [0.15, 0.2) is 0 Å². The van der Waals surface area contributed by atoms with Gasteiger partial charge in [0, 0.05) is 11.0 Å². The van der Waals surface area contributed by atoms with Crippen LogP contribution in [0, 0.1) is 0 Å². The molecule has 80 valence electrons. The summed E-state index contributed by atoms with van der Waals surface area (Å²) >= 11 is 3.11. The van der Waals surface area contributed by atoms with Gasteiger partial charge in [-0.25, -0.2) is 0 Å². The van der Waals surface area contributed by atoms with Gasteiger partial charge in [-0.15, -0.1) is 12.4 Å². The highest BCUT2D eigenvalue weighted by Crippen LogP contribution is 2.31. The van der Waals surface area contributed by atoms with Crippen molar-refractivity contribution in [2.24, 2.45) is 5.73 Å². The number of hydrogen-bond acceptors (Lipinski definition) is 1. The van der Waals surface area contributed by atoms with Crippen LogP contribution in [0.25, 0.3) is 0 Å². The lowest BCUT2D eigenvalue weighted by Crippen LogP contribution is -2.07. The van der Waals surface area contributed by atoms with Crippen LogP contribution in [0.1, 0.15) is 11.1 Å².